The molecule has 1 atom stereocenters. The molecule has 0 saturated carbocycles. The molecule has 2 heterocycles. The number of carbonyl (C=O) groups is 1. The predicted octanol–water partition coefficient (Wildman–Crippen LogP) is 2.46. The first-order chi connectivity index (χ1) is 9.63. The summed E-state index contributed by atoms with van der Waals surface area (Å²) in [5.41, 5.74) is 2.07. The van der Waals surface area contributed by atoms with E-state index in [1.54, 1.807) is 0 Å². The van der Waals surface area contributed by atoms with E-state index < -0.39 is 5.97 Å². The summed E-state index contributed by atoms with van der Waals surface area (Å²) >= 11 is 0. The SMILES string of the molecule is CN1CCC(c2cccc(-c3cc(C(=O)O)no3)c2)C1. The van der Waals surface area contributed by atoms with Crippen molar-refractivity contribution in [2.75, 3.05) is 20.1 Å². The molecule has 20 heavy (non-hydrogen) atoms. The lowest BCUT2D eigenvalue weighted by Gasteiger charge is -2.11. The summed E-state index contributed by atoms with van der Waals surface area (Å²) in [5.74, 6) is -0.0500. The molecule has 1 saturated heterocycles. The molecule has 104 valence electrons. The van der Waals surface area contributed by atoms with Crippen molar-refractivity contribution >= 4 is 5.97 Å². The standard InChI is InChI=1S/C15H16N2O3/c1-17-6-5-12(9-17)10-3-2-4-11(7-10)14-8-13(15(18)19)16-20-14/h2-4,7-8,12H,5-6,9H2,1H3,(H,18,19). The molecule has 1 aromatic heterocycles. The maximum Gasteiger partial charge on any atom is 0.358 e. The van der Waals surface area contributed by atoms with E-state index in [9.17, 15) is 4.79 Å². The summed E-state index contributed by atoms with van der Waals surface area (Å²) in [6, 6.07) is 9.53. The predicted molar refractivity (Wildman–Crippen MR) is 73.8 cm³/mol. The maximum absolute atomic E-state index is 10.8. The molecule has 1 aliphatic rings. The molecule has 1 N–H and O–H groups in total. The van der Waals surface area contributed by atoms with Crippen LogP contribution in [-0.2, 0) is 0 Å². The van der Waals surface area contributed by atoms with E-state index in [1.807, 2.05) is 12.1 Å². The van der Waals surface area contributed by atoms with E-state index in [0.717, 1.165) is 25.1 Å². The van der Waals surface area contributed by atoms with Crippen LogP contribution in [0.5, 0.6) is 0 Å². The second-order valence-corrected chi connectivity index (χ2v) is 5.25. The summed E-state index contributed by atoms with van der Waals surface area (Å²) in [7, 11) is 2.12. The Morgan fingerprint density at radius 2 is 2.30 bits per heavy atom. The molecule has 1 aliphatic heterocycles. The van der Waals surface area contributed by atoms with Gasteiger partial charge in [0.25, 0.3) is 0 Å². The molecule has 3 rings (SSSR count). The van der Waals surface area contributed by atoms with Gasteiger partial charge in [-0.25, -0.2) is 4.79 Å². The van der Waals surface area contributed by atoms with Gasteiger partial charge < -0.3 is 14.5 Å². The minimum absolute atomic E-state index is 0.0639. The van der Waals surface area contributed by atoms with Crippen LogP contribution in [0.1, 0.15) is 28.4 Å². The van der Waals surface area contributed by atoms with Crippen LogP contribution in [0.2, 0.25) is 0 Å². The van der Waals surface area contributed by atoms with Crippen LogP contribution in [0, 0.1) is 0 Å². The number of benzene rings is 1. The lowest BCUT2D eigenvalue weighted by atomic mass is 9.96. The van der Waals surface area contributed by atoms with Crippen LogP contribution in [0.4, 0.5) is 0 Å². The Balaban J connectivity index is 1.88. The van der Waals surface area contributed by atoms with Crippen LogP contribution >= 0.6 is 0 Å². The number of hydrogen-bond donors (Lipinski definition) is 1. The molecular formula is C15H16N2O3. The summed E-state index contributed by atoms with van der Waals surface area (Å²) in [6.45, 7) is 2.17. The van der Waals surface area contributed by atoms with Crippen molar-refractivity contribution in [1.29, 1.82) is 0 Å². The van der Waals surface area contributed by atoms with Crippen molar-refractivity contribution in [1.82, 2.24) is 10.1 Å². The number of likely N-dealkylation sites (tertiary alicyclic amines) is 1. The van der Waals surface area contributed by atoms with Crippen LogP contribution < -0.4 is 0 Å². The first kappa shape index (κ1) is 12.9. The summed E-state index contributed by atoms with van der Waals surface area (Å²) < 4.78 is 5.11. The highest BCUT2D eigenvalue weighted by Crippen LogP contribution is 2.29. The zero-order valence-corrected chi connectivity index (χ0v) is 11.2. The number of likely N-dealkylation sites (N-methyl/N-ethyl adjacent to an activating group) is 1. The Kier molecular flexibility index (Phi) is 3.28. The number of rotatable bonds is 3. The van der Waals surface area contributed by atoms with E-state index in [0.29, 0.717) is 11.7 Å². The minimum Gasteiger partial charge on any atom is -0.476 e. The quantitative estimate of drug-likeness (QED) is 0.929. The van der Waals surface area contributed by atoms with Crippen LogP contribution in [-0.4, -0.2) is 41.3 Å². The van der Waals surface area contributed by atoms with Gasteiger partial charge in [0.1, 0.15) is 0 Å². The van der Waals surface area contributed by atoms with Crippen molar-refractivity contribution in [3.05, 3.63) is 41.6 Å². The van der Waals surface area contributed by atoms with Gasteiger partial charge in [-0.2, -0.15) is 0 Å². The van der Waals surface area contributed by atoms with E-state index in [4.69, 9.17) is 9.63 Å². The van der Waals surface area contributed by atoms with Gasteiger partial charge in [-0.3, -0.25) is 0 Å². The highest BCUT2D eigenvalue weighted by molar-refractivity contribution is 5.86. The summed E-state index contributed by atoms with van der Waals surface area (Å²) in [6.07, 6.45) is 1.15. The van der Waals surface area contributed by atoms with Gasteiger partial charge in [0.15, 0.2) is 11.5 Å². The molecule has 1 fully saturated rings. The van der Waals surface area contributed by atoms with Crippen LogP contribution in [0.15, 0.2) is 34.9 Å². The van der Waals surface area contributed by atoms with Gasteiger partial charge in [-0.1, -0.05) is 23.4 Å². The van der Waals surface area contributed by atoms with Gasteiger partial charge in [-0.15, -0.1) is 0 Å². The molecule has 5 heteroatoms. The van der Waals surface area contributed by atoms with Gasteiger partial charge in [0.2, 0.25) is 0 Å². The fourth-order valence-corrected chi connectivity index (χ4v) is 2.67. The highest BCUT2D eigenvalue weighted by Gasteiger charge is 2.21. The molecule has 0 amide bonds. The molecule has 0 radical (unpaired) electrons. The van der Waals surface area contributed by atoms with Gasteiger partial charge >= 0.3 is 5.97 Å². The lowest BCUT2D eigenvalue weighted by molar-refractivity contribution is 0.0686. The molecule has 2 aromatic rings. The monoisotopic (exact) mass is 272 g/mol. The van der Waals surface area contributed by atoms with Crippen LogP contribution in [0.25, 0.3) is 11.3 Å². The normalized spacial score (nSPS) is 19.4. The third-order valence-corrected chi connectivity index (χ3v) is 3.76. The average Bonchev–Trinajstić information content (AvgIpc) is 3.07. The van der Waals surface area contributed by atoms with E-state index in [-0.39, 0.29) is 5.69 Å². The van der Waals surface area contributed by atoms with E-state index in [1.165, 1.54) is 11.6 Å². The number of aromatic carboxylic acids is 1. The fraction of sp³-hybridized carbons (Fsp3) is 0.333. The Hall–Kier alpha value is -2.14. The smallest absolute Gasteiger partial charge is 0.358 e. The number of aromatic nitrogens is 1. The first-order valence-corrected chi connectivity index (χ1v) is 6.62. The molecule has 1 aromatic carbocycles. The molecule has 0 spiro atoms. The topological polar surface area (TPSA) is 66.6 Å². The zero-order chi connectivity index (χ0) is 14.1. The molecule has 0 bridgehead atoms. The fourth-order valence-electron chi connectivity index (χ4n) is 2.67. The minimum atomic E-state index is -1.08. The summed E-state index contributed by atoms with van der Waals surface area (Å²) in [5, 5.41) is 12.4. The average molecular weight is 272 g/mol. The molecule has 5 nitrogen and oxygen atoms in total. The Morgan fingerprint density at radius 3 is 2.95 bits per heavy atom. The lowest BCUT2D eigenvalue weighted by Crippen LogP contribution is -2.13. The van der Waals surface area contributed by atoms with Crippen molar-refractivity contribution < 1.29 is 14.4 Å². The van der Waals surface area contributed by atoms with E-state index in [2.05, 4.69) is 29.2 Å². The zero-order valence-electron chi connectivity index (χ0n) is 11.2. The van der Waals surface area contributed by atoms with Gasteiger partial charge in [0, 0.05) is 18.2 Å². The van der Waals surface area contributed by atoms with Crippen molar-refractivity contribution in [2.24, 2.45) is 0 Å². The third-order valence-electron chi connectivity index (χ3n) is 3.76. The number of hydrogen-bond acceptors (Lipinski definition) is 4. The maximum atomic E-state index is 10.8. The largest absolute Gasteiger partial charge is 0.476 e. The van der Waals surface area contributed by atoms with Gasteiger partial charge in [-0.05, 0) is 37.6 Å². The second kappa shape index (κ2) is 5.09. The Morgan fingerprint density at radius 1 is 1.45 bits per heavy atom. The van der Waals surface area contributed by atoms with Crippen molar-refractivity contribution in [2.45, 2.75) is 12.3 Å². The van der Waals surface area contributed by atoms with E-state index >= 15 is 0 Å². The highest BCUT2D eigenvalue weighted by atomic mass is 16.5. The number of carboxylic acid groups (broad SMARTS) is 1. The molecule has 0 aliphatic carbocycles. The molecular weight excluding hydrogens is 256 g/mol. The third kappa shape index (κ3) is 2.44. The Labute approximate surface area is 116 Å². The number of nitrogens with zero attached hydrogens (tertiary/aromatic N) is 2. The second-order valence-electron chi connectivity index (χ2n) is 5.25. The van der Waals surface area contributed by atoms with Crippen LogP contribution in [0.3, 0.4) is 0 Å². The molecule has 1 unspecified atom stereocenters. The first-order valence-electron chi connectivity index (χ1n) is 6.62. The van der Waals surface area contributed by atoms with Crippen molar-refractivity contribution in [3.8, 4) is 11.3 Å². The van der Waals surface area contributed by atoms with Gasteiger partial charge in [0.05, 0.1) is 0 Å². The summed E-state index contributed by atoms with van der Waals surface area (Å²) in [4.78, 5) is 13.1. The number of carboxylic acids is 1. The Bertz CT molecular complexity index is 636. The van der Waals surface area contributed by atoms with Crippen molar-refractivity contribution in [3.63, 3.8) is 0 Å².